The lowest BCUT2D eigenvalue weighted by Gasteiger charge is -2.17. The molecule has 0 fully saturated rings. The fraction of sp³-hybridized carbons (Fsp3) is 0.385. The molecule has 0 aliphatic rings. The summed E-state index contributed by atoms with van der Waals surface area (Å²) in [7, 11) is 0. The van der Waals surface area contributed by atoms with E-state index in [9.17, 15) is 9.59 Å². The molecule has 0 bridgehead atoms. The summed E-state index contributed by atoms with van der Waals surface area (Å²) in [6.45, 7) is 6.93. The Morgan fingerprint density at radius 2 is 1.82 bits per heavy atom. The van der Waals surface area contributed by atoms with Crippen molar-refractivity contribution in [2.24, 2.45) is 5.41 Å². The molecular formula is C13H16ClNO2. The standard InChI is InChI=1S/C13H16ClNO2/c1-8-6-5-7-9(14)10(8)15-12(17)11(16)13(2,3)4/h5-7H,1-4H3,(H,15,17). The number of hydrogen-bond acceptors (Lipinski definition) is 2. The zero-order valence-corrected chi connectivity index (χ0v) is 11.2. The second-order valence-electron chi connectivity index (χ2n) is 4.96. The molecule has 92 valence electrons. The summed E-state index contributed by atoms with van der Waals surface area (Å²) < 4.78 is 0. The molecule has 0 spiro atoms. The predicted molar refractivity (Wildman–Crippen MR) is 69.3 cm³/mol. The Bertz CT molecular complexity index is 441. The van der Waals surface area contributed by atoms with Crippen molar-refractivity contribution in [1.29, 1.82) is 0 Å². The number of hydrogen-bond donors (Lipinski definition) is 1. The second kappa shape index (κ2) is 4.88. The zero-order chi connectivity index (χ0) is 13.2. The van der Waals surface area contributed by atoms with Gasteiger partial charge in [0.15, 0.2) is 0 Å². The van der Waals surface area contributed by atoms with Crippen LogP contribution < -0.4 is 5.32 Å². The molecule has 17 heavy (non-hydrogen) atoms. The van der Waals surface area contributed by atoms with Crippen molar-refractivity contribution in [2.45, 2.75) is 27.7 Å². The molecule has 1 rings (SSSR count). The van der Waals surface area contributed by atoms with Crippen molar-refractivity contribution in [3.8, 4) is 0 Å². The topological polar surface area (TPSA) is 46.2 Å². The number of benzene rings is 1. The third-order valence-corrected chi connectivity index (χ3v) is 2.66. The van der Waals surface area contributed by atoms with Crippen molar-refractivity contribution in [3.05, 3.63) is 28.8 Å². The van der Waals surface area contributed by atoms with Gasteiger partial charge in [0, 0.05) is 5.41 Å². The maximum absolute atomic E-state index is 11.7. The van der Waals surface area contributed by atoms with E-state index in [-0.39, 0.29) is 0 Å². The zero-order valence-electron chi connectivity index (χ0n) is 10.4. The van der Waals surface area contributed by atoms with E-state index in [4.69, 9.17) is 11.6 Å². The predicted octanol–water partition coefficient (Wildman–Crippen LogP) is 3.20. The number of carbonyl (C=O) groups excluding carboxylic acids is 2. The van der Waals surface area contributed by atoms with E-state index in [1.54, 1.807) is 32.9 Å². The van der Waals surface area contributed by atoms with Gasteiger partial charge in [-0.3, -0.25) is 9.59 Å². The Labute approximate surface area is 106 Å². The largest absolute Gasteiger partial charge is 0.318 e. The van der Waals surface area contributed by atoms with Crippen LogP contribution in [0.1, 0.15) is 26.3 Å². The van der Waals surface area contributed by atoms with E-state index in [1.807, 2.05) is 13.0 Å². The molecule has 1 N–H and O–H groups in total. The molecule has 0 aliphatic carbocycles. The van der Waals surface area contributed by atoms with E-state index in [0.717, 1.165) is 5.56 Å². The summed E-state index contributed by atoms with van der Waals surface area (Å²) in [6.07, 6.45) is 0. The Morgan fingerprint density at radius 3 is 2.29 bits per heavy atom. The highest BCUT2D eigenvalue weighted by Crippen LogP contribution is 2.26. The molecule has 1 aromatic rings. The first-order valence-electron chi connectivity index (χ1n) is 5.34. The van der Waals surface area contributed by atoms with Crippen LogP contribution in [-0.4, -0.2) is 11.7 Å². The summed E-state index contributed by atoms with van der Waals surface area (Å²) in [5.74, 6) is -1.09. The van der Waals surface area contributed by atoms with Gasteiger partial charge in [-0.2, -0.15) is 0 Å². The maximum Gasteiger partial charge on any atom is 0.292 e. The molecule has 0 aromatic heterocycles. The van der Waals surface area contributed by atoms with Gasteiger partial charge in [-0.1, -0.05) is 44.5 Å². The summed E-state index contributed by atoms with van der Waals surface area (Å²) >= 11 is 5.97. The smallest absolute Gasteiger partial charge is 0.292 e. The van der Waals surface area contributed by atoms with E-state index in [2.05, 4.69) is 5.32 Å². The van der Waals surface area contributed by atoms with Crippen LogP contribution in [-0.2, 0) is 9.59 Å². The van der Waals surface area contributed by atoms with Crippen LogP contribution in [0.5, 0.6) is 0 Å². The summed E-state index contributed by atoms with van der Waals surface area (Å²) in [5.41, 5.74) is 0.628. The van der Waals surface area contributed by atoms with Gasteiger partial charge in [0.2, 0.25) is 5.78 Å². The van der Waals surface area contributed by atoms with Crippen molar-refractivity contribution in [3.63, 3.8) is 0 Å². The number of aryl methyl sites for hydroxylation is 1. The van der Waals surface area contributed by atoms with Crippen LogP contribution in [0.4, 0.5) is 5.69 Å². The fourth-order valence-electron chi connectivity index (χ4n) is 1.30. The normalized spacial score (nSPS) is 11.1. The highest BCUT2D eigenvalue weighted by atomic mass is 35.5. The monoisotopic (exact) mass is 253 g/mol. The van der Waals surface area contributed by atoms with Crippen LogP contribution in [0.25, 0.3) is 0 Å². The number of Topliss-reactive ketones (excluding diaryl/α,β-unsaturated/α-hetero) is 1. The average molecular weight is 254 g/mol. The van der Waals surface area contributed by atoms with Crippen LogP contribution >= 0.6 is 11.6 Å². The number of rotatable bonds is 2. The summed E-state index contributed by atoms with van der Waals surface area (Å²) in [4.78, 5) is 23.5. The van der Waals surface area contributed by atoms with Gasteiger partial charge in [0.05, 0.1) is 10.7 Å². The van der Waals surface area contributed by atoms with Gasteiger partial charge in [-0.25, -0.2) is 0 Å². The van der Waals surface area contributed by atoms with Gasteiger partial charge in [-0.05, 0) is 18.6 Å². The number of nitrogens with one attached hydrogen (secondary N) is 1. The lowest BCUT2D eigenvalue weighted by atomic mass is 9.90. The third-order valence-electron chi connectivity index (χ3n) is 2.35. The molecule has 0 aliphatic heterocycles. The Hall–Kier alpha value is -1.35. The van der Waals surface area contributed by atoms with Gasteiger partial charge in [0.25, 0.3) is 5.91 Å². The highest BCUT2D eigenvalue weighted by Gasteiger charge is 2.28. The van der Waals surface area contributed by atoms with E-state index >= 15 is 0 Å². The van der Waals surface area contributed by atoms with Crippen molar-refractivity contribution in [1.82, 2.24) is 0 Å². The molecular weight excluding hydrogens is 238 g/mol. The Balaban J connectivity index is 2.93. The number of para-hydroxylation sites is 1. The summed E-state index contributed by atoms with van der Waals surface area (Å²) in [6, 6.07) is 5.29. The second-order valence-corrected chi connectivity index (χ2v) is 5.37. The van der Waals surface area contributed by atoms with Crippen LogP contribution in [0.15, 0.2) is 18.2 Å². The minimum atomic E-state index is -0.695. The summed E-state index contributed by atoms with van der Waals surface area (Å²) in [5, 5.41) is 2.99. The van der Waals surface area contributed by atoms with Crippen LogP contribution in [0, 0.1) is 12.3 Å². The van der Waals surface area contributed by atoms with E-state index in [1.165, 1.54) is 0 Å². The number of anilines is 1. The van der Waals surface area contributed by atoms with Crippen molar-refractivity contribution < 1.29 is 9.59 Å². The number of halogens is 1. The first-order valence-corrected chi connectivity index (χ1v) is 5.72. The molecule has 1 amide bonds. The first-order chi connectivity index (χ1) is 7.73. The Morgan fingerprint density at radius 1 is 1.24 bits per heavy atom. The number of amides is 1. The SMILES string of the molecule is Cc1cccc(Cl)c1NC(=O)C(=O)C(C)(C)C. The van der Waals surface area contributed by atoms with Crippen LogP contribution in [0.2, 0.25) is 5.02 Å². The molecule has 0 saturated carbocycles. The lowest BCUT2D eigenvalue weighted by molar-refractivity contribution is -0.139. The molecule has 4 heteroatoms. The van der Waals surface area contributed by atoms with Crippen LogP contribution in [0.3, 0.4) is 0 Å². The molecule has 0 unspecified atom stereocenters. The molecule has 0 heterocycles. The molecule has 1 aromatic carbocycles. The minimum absolute atomic E-state index is 0.431. The quantitative estimate of drug-likeness (QED) is 0.823. The van der Waals surface area contributed by atoms with Crippen molar-refractivity contribution >= 4 is 29.0 Å². The average Bonchev–Trinajstić information content (AvgIpc) is 2.21. The van der Waals surface area contributed by atoms with Gasteiger partial charge >= 0.3 is 0 Å². The van der Waals surface area contributed by atoms with E-state index in [0.29, 0.717) is 10.7 Å². The van der Waals surface area contributed by atoms with Gasteiger partial charge < -0.3 is 5.32 Å². The molecule has 0 atom stereocenters. The maximum atomic E-state index is 11.7. The van der Waals surface area contributed by atoms with Crippen molar-refractivity contribution in [2.75, 3.05) is 5.32 Å². The molecule has 0 radical (unpaired) electrons. The Kier molecular flexibility index (Phi) is 3.94. The van der Waals surface area contributed by atoms with Gasteiger partial charge in [-0.15, -0.1) is 0 Å². The fourth-order valence-corrected chi connectivity index (χ4v) is 1.57. The first kappa shape index (κ1) is 13.7. The third kappa shape index (κ3) is 3.30. The van der Waals surface area contributed by atoms with E-state index < -0.39 is 17.1 Å². The lowest BCUT2D eigenvalue weighted by Crippen LogP contribution is -2.33. The number of carbonyl (C=O) groups is 2. The number of ketones is 1. The highest BCUT2D eigenvalue weighted by molar-refractivity contribution is 6.43. The molecule has 3 nitrogen and oxygen atoms in total. The minimum Gasteiger partial charge on any atom is -0.318 e. The molecule has 0 saturated heterocycles. The van der Waals surface area contributed by atoms with Gasteiger partial charge in [0.1, 0.15) is 0 Å².